The first-order valence-electron chi connectivity index (χ1n) is 6.37. The molecule has 102 valence electrons. The van der Waals surface area contributed by atoms with Crippen molar-refractivity contribution in [3.05, 3.63) is 29.3 Å². The van der Waals surface area contributed by atoms with E-state index in [4.69, 9.17) is 5.11 Å². The van der Waals surface area contributed by atoms with Crippen LogP contribution in [0.5, 0.6) is 0 Å². The van der Waals surface area contributed by atoms with Crippen LogP contribution >= 0.6 is 0 Å². The maximum absolute atomic E-state index is 12.1. The molecule has 1 aromatic rings. The Bertz CT molecular complexity index is 513. The summed E-state index contributed by atoms with van der Waals surface area (Å²) in [6.45, 7) is 5.46. The SMILES string of the molecule is Cc1ccc(C(=O)O)cc1NC(=O)N1CCC(C)C1. The average molecular weight is 262 g/mol. The van der Waals surface area contributed by atoms with Crippen LogP contribution in [-0.4, -0.2) is 35.1 Å². The third-order valence-electron chi connectivity index (χ3n) is 3.44. The molecule has 0 radical (unpaired) electrons. The molecule has 5 nitrogen and oxygen atoms in total. The Hall–Kier alpha value is -2.04. The third-order valence-corrected chi connectivity index (χ3v) is 3.44. The van der Waals surface area contributed by atoms with Crippen LogP contribution in [0.3, 0.4) is 0 Å². The number of aromatic carboxylic acids is 1. The predicted molar refractivity (Wildman–Crippen MR) is 72.5 cm³/mol. The van der Waals surface area contributed by atoms with Crippen LogP contribution in [0.4, 0.5) is 10.5 Å². The molecule has 1 aliphatic rings. The van der Waals surface area contributed by atoms with E-state index >= 15 is 0 Å². The van der Waals surface area contributed by atoms with Gasteiger partial charge in [-0.3, -0.25) is 0 Å². The van der Waals surface area contributed by atoms with Gasteiger partial charge in [-0.25, -0.2) is 9.59 Å². The number of nitrogens with zero attached hydrogens (tertiary/aromatic N) is 1. The highest BCUT2D eigenvalue weighted by Gasteiger charge is 2.23. The first-order valence-corrected chi connectivity index (χ1v) is 6.37. The second-order valence-corrected chi connectivity index (χ2v) is 5.10. The van der Waals surface area contributed by atoms with Crippen LogP contribution in [0.1, 0.15) is 29.3 Å². The van der Waals surface area contributed by atoms with Gasteiger partial charge in [-0.15, -0.1) is 0 Å². The Kier molecular flexibility index (Phi) is 3.74. The van der Waals surface area contributed by atoms with E-state index in [0.29, 0.717) is 11.6 Å². The number of nitrogens with one attached hydrogen (secondary N) is 1. The molecule has 1 heterocycles. The van der Waals surface area contributed by atoms with E-state index < -0.39 is 5.97 Å². The number of rotatable bonds is 2. The van der Waals surface area contributed by atoms with Crippen molar-refractivity contribution in [2.45, 2.75) is 20.3 Å². The summed E-state index contributed by atoms with van der Waals surface area (Å²) in [5, 5.41) is 11.7. The molecule has 19 heavy (non-hydrogen) atoms. The number of benzene rings is 1. The van der Waals surface area contributed by atoms with E-state index in [1.165, 1.54) is 12.1 Å². The molecule has 1 aromatic carbocycles. The van der Waals surface area contributed by atoms with Crippen molar-refractivity contribution in [1.29, 1.82) is 0 Å². The van der Waals surface area contributed by atoms with Gasteiger partial charge < -0.3 is 15.3 Å². The van der Waals surface area contributed by atoms with Gasteiger partial charge in [-0.1, -0.05) is 13.0 Å². The van der Waals surface area contributed by atoms with E-state index in [9.17, 15) is 9.59 Å². The highest BCUT2D eigenvalue weighted by atomic mass is 16.4. The lowest BCUT2D eigenvalue weighted by molar-refractivity contribution is 0.0697. The number of carbonyl (C=O) groups is 2. The monoisotopic (exact) mass is 262 g/mol. The highest BCUT2D eigenvalue weighted by Crippen LogP contribution is 2.20. The number of hydrogen-bond donors (Lipinski definition) is 2. The van der Waals surface area contributed by atoms with Gasteiger partial charge in [-0.05, 0) is 37.0 Å². The molecular formula is C14H18N2O3. The van der Waals surface area contributed by atoms with E-state index in [-0.39, 0.29) is 11.6 Å². The fourth-order valence-electron chi connectivity index (χ4n) is 2.20. The number of carbonyl (C=O) groups excluding carboxylic acids is 1. The molecule has 0 bridgehead atoms. The Balaban J connectivity index is 2.12. The Morgan fingerprint density at radius 1 is 1.42 bits per heavy atom. The number of urea groups is 1. The second-order valence-electron chi connectivity index (χ2n) is 5.10. The molecule has 1 aliphatic heterocycles. The van der Waals surface area contributed by atoms with Crippen LogP contribution in [0.2, 0.25) is 0 Å². The zero-order valence-electron chi connectivity index (χ0n) is 11.1. The van der Waals surface area contributed by atoms with Crippen LogP contribution < -0.4 is 5.32 Å². The lowest BCUT2D eigenvalue weighted by Crippen LogP contribution is -2.33. The summed E-state index contributed by atoms with van der Waals surface area (Å²) in [7, 11) is 0. The summed E-state index contributed by atoms with van der Waals surface area (Å²) in [5.41, 5.74) is 1.59. The molecule has 1 atom stereocenters. The van der Waals surface area contributed by atoms with Crippen LogP contribution in [0, 0.1) is 12.8 Å². The minimum atomic E-state index is -0.995. The first-order chi connectivity index (χ1) is 8.97. The lowest BCUT2D eigenvalue weighted by Gasteiger charge is -2.18. The van der Waals surface area contributed by atoms with Crippen molar-refractivity contribution >= 4 is 17.7 Å². The molecule has 0 aliphatic carbocycles. The minimum Gasteiger partial charge on any atom is -0.478 e. The molecule has 0 aromatic heterocycles. The van der Waals surface area contributed by atoms with Gasteiger partial charge in [0.05, 0.1) is 5.56 Å². The number of aryl methyl sites for hydroxylation is 1. The topological polar surface area (TPSA) is 69.6 Å². The van der Waals surface area contributed by atoms with Gasteiger partial charge in [0.2, 0.25) is 0 Å². The minimum absolute atomic E-state index is 0.157. The van der Waals surface area contributed by atoms with Crippen LogP contribution in [-0.2, 0) is 0 Å². The van der Waals surface area contributed by atoms with Crippen molar-refractivity contribution in [3.63, 3.8) is 0 Å². The smallest absolute Gasteiger partial charge is 0.335 e. The van der Waals surface area contributed by atoms with Crippen LogP contribution in [0.25, 0.3) is 0 Å². The van der Waals surface area contributed by atoms with E-state index in [0.717, 1.165) is 25.1 Å². The normalized spacial score (nSPS) is 18.4. The maximum atomic E-state index is 12.1. The summed E-state index contributed by atoms with van der Waals surface area (Å²) in [5.74, 6) is -0.470. The molecule has 1 saturated heterocycles. The van der Waals surface area contributed by atoms with Crippen molar-refractivity contribution in [2.75, 3.05) is 18.4 Å². The molecule has 0 spiro atoms. The number of carboxylic acids is 1. The number of carboxylic acid groups (broad SMARTS) is 1. The molecule has 1 fully saturated rings. The maximum Gasteiger partial charge on any atom is 0.335 e. The van der Waals surface area contributed by atoms with Crippen molar-refractivity contribution in [2.24, 2.45) is 5.92 Å². The fraction of sp³-hybridized carbons (Fsp3) is 0.429. The van der Waals surface area contributed by atoms with Gasteiger partial charge in [0, 0.05) is 18.8 Å². The largest absolute Gasteiger partial charge is 0.478 e. The van der Waals surface area contributed by atoms with Gasteiger partial charge in [0.15, 0.2) is 0 Å². The molecule has 5 heteroatoms. The summed E-state index contributed by atoms with van der Waals surface area (Å²) < 4.78 is 0. The zero-order valence-corrected chi connectivity index (χ0v) is 11.1. The Labute approximate surface area is 112 Å². The zero-order chi connectivity index (χ0) is 14.0. The number of likely N-dealkylation sites (tertiary alicyclic amines) is 1. The Morgan fingerprint density at radius 3 is 2.74 bits per heavy atom. The lowest BCUT2D eigenvalue weighted by atomic mass is 10.1. The number of anilines is 1. The standard InChI is InChI=1S/C14H18N2O3/c1-9-5-6-16(8-9)14(19)15-12-7-11(13(17)18)4-3-10(12)2/h3-4,7,9H,5-6,8H2,1-2H3,(H,15,19)(H,17,18). The second kappa shape index (κ2) is 5.30. The van der Waals surface area contributed by atoms with Crippen molar-refractivity contribution < 1.29 is 14.7 Å². The molecule has 2 N–H and O–H groups in total. The number of amides is 2. The highest BCUT2D eigenvalue weighted by molar-refractivity contribution is 5.94. The van der Waals surface area contributed by atoms with E-state index in [1.807, 2.05) is 6.92 Å². The summed E-state index contributed by atoms with van der Waals surface area (Å²) in [6.07, 6.45) is 1.02. The predicted octanol–water partition coefficient (Wildman–Crippen LogP) is 2.57. The Morgan fingerprint density at radius 2 is 2.16 bits per heavy atom. The van der Waals surface area contributed by atoms with E-state index in [1.54, 1.807) is 11.0 Å². The van der Waals surface area contributed by atoms with Crippen molar-refractivity contribution in [3.8, 4) is 0 Å². The third kappa shape index (κ3) is 3.05. The molecule has 2 rings (SSSR count). The summed E-state index contributed by atoms with van der Waals surface area (Å²) in [4.78, 5) is 24.7. The van der Waals surface area contributed by atoms with Gasteiger partial charge in [-0.2, -0.15) is 0 Å². The average Bonchev–Trinajstić information content (AvgIpc) is 2.78. The molecule has 1 unspecified atom stereocenters. The molecular weight excluding hydrogens is 244 g/mol. The number of hydrogen-bond acceptors (Lipinski definition) is 2. The van der Waals surface area contributed by atoms with Gasteiger partial charge >= 0.3 is 12.0 Å². The molecule has 2 amide bonds. The summed E-state index contributed by atoms with van der Waals surface area (Å²) >= 11 is 0. The van der Waals surface area contributed by atoms with Gasteiger partial charge in [0.25, 0.3) is 0 Å². The quantitative estimate of drug-likeness (QED) is 0.860. The van der Waals surface area contributed by atoms with Crippen molar-refractivity contribution in [1.82, 2.24) is 4.90 Å². The molecule has 0 saturated carbocycles. The van der Waals surface area contributed by atoms with E-state index in [2.05, 4.69) is 12.2 Å². The van der Waals surface area contributed by atoms with Crippen LogP contribution in [0.15, 0.2) is 18.2 Å². The fourth-order valence-corrected chi connectivity index (χ4v) is 2.20. The summed E-state index contributed by atoms with van der Waals surface area (Å²) in [6, 6.07) is 4.57. The first kappa shape index (κ1) is 13.4. The van der Waals surface area contributed by atoms with Gasteiger partial charge in [0.1, 0.15) is 0 Å².